The number of hydrogen-bond donors (Lipinski definition) is 0. The van der Waals surface area contributed by atoms with Gasteiger partial charge < -0.3 is 4.74 Å². The molecule has 3 rings (SSSR count). The maximum absolute atomic E-state index is 12.4. The molecule has 1 aromatic carbocycles. The van der Waals surface area contributed by atoms with E-state index in [1.807, 2.05) is 19.1 Å². The third-order valence-electron chi connectivity index (χ3n) is 4.61. The summed E-state index contributed by atoms with van der Waals surface area (Å²) in [5.41, 5.74) is 1.09. The molecule has 21 heavy (non-hydrogen) atoms. The van der Waals surface area contributed by atoms with Crippen LogP contribution in [0.2, 0.25) is 0 Å². The second-order valence-corrected chi connectivity index (χ2v) is 8.27. The topological polar surface area (TPSA) is 46.6 Å². The first kappa shape index (κ1) is 15.0. The quantitative estimate of drug-likeness (QED) is 0.852. The molecular formula is C16H23NO3S. The molecule has 0 N–H and O–H groups in total. The highest BCUT2D eigenvalue weighted by Crippen LogP contribution is 2.34. The van der Waals surface area contributed by atoms with Crippen molar-refractivity contribution in [2.75, 3.05) is 32.1 Å². The first-order valence-corrected chi connectivity index (χ1v) is 9.31. The Morgan fingerprint density at radius 3 is 2.38 bits per heavy atom. The smallest absolute Gasteiger partial charge is 0.178 e. The van der Waals surface area contributed by atoms with Gasteiger partial charge in [0.05, 0.1) is 23.9 Å². The van der Waals surface area contributed by atoms with Gasteiger partial charge in [0.15, 0.2) is 9.84 Å². The van der Waals surface area contributed by atoms with Crippen LogP contribution >= 0.6 is 0 Å². The van der Waals surface area contributed by atoms with E-state index in [4.69, 9.17) is 4.74 Å². The fourth-order valence-corrected chi connectivity index (χ4v) is 4.87. The summed E-state index contributed by atoms with van der Waals surface area (Å²) < 4.78 is 30.1. The Balaban J connectivity index is 1.54. The third kappa shape index (κ3) is 3.47. The van der Waals surface area contributed by atoms with Crippen LogP contribution in [0.5, 0.6) is 0 Å². The van der Waals surface area contributed by atoms with Gasteiger partial charge in [-0.3, -0.25) is 4.90 Å². The molecule has 0 radical (unpaired) electrons. The maximum atomic E-state index is 12.4. The molecule has 5 heteroatoms. The SMILES string of the molecule is Cc1ccc(S(=O)(=O)CC2CC(N3CCOCC3)C2)cc1. The van der Waals surface area contributed by atoms with E-state index < -0.39 is 9.84 Å². The van der Waals surface area contributed by atoms with Gasteiger partial charge in [-0.05, 0) is 37.8 Å². The van der Waals surface area contributed by atoms with Crippen molar-refractivity contribution in [3.63, 3.8) is 0 Å². The Morgan fingerprint density at radius 1 is 1.14 bits per heavy atom. The minimum atomic E-state index is -3.13. The number of morpholine rings is 1. The monoisotopic (exact) mass is 309 g/mol. The summed E-state index contributed by atoms with van der Waals surface area (Å²) in [7, 11) is -3.13. The number of nitrogens with zero attached hydrogens (tertiary/aromatic N) is 1. The minimum Gasteiger partial charge on any atom is -0.379 e. The maximum Gasteiger partial charge on any atom is 0.178 e. The summed E-state index contributed by atoms with van der Waals surface area (Å²) in [5, 5.41) is 0. The lowest BCUT2D eigenvalue weighted by Gasteiger charge is -2.44. The van der Waals surface area contributed by atoms with Gasteiger partial charge in [-0.15, -0.1) is 0 Å². The average molecular weight is 309 g/mol. The Hall–Kier alpha value is -0.910. The van der Waals surface area contributed by atoms with Crippen molar-refractivity contribution >= 4 is 9.84 Å². The average Bonchev–Trinajstić information content (AvgIpc) is 2.44. The van der Waals surface area contributed by atoms with Gasteiger partial charge in [0.2, 0.25) is 0 Å². The lowest BCUT2D eigenvalue weighted by molar-refractivity contribution is -0.0138. The zero-order chi connectivity index (χ0) is 14.9. The Bertz CT molecular complexity index is 570. The first-order valence-electron chi connectivity index (χ1n) is 7.66. The molecule has 1 saturated heterocycles. The predicted molar refractivity (Wildman–Crippen MR) is 82.1 cm³/mol. The molecule has 116 valence electrons. The van der Waals surface area contributed by atoms with Crippen molar-refractivity contribution in [1.82, 2.24) is 4.90 Å². The molecule has 1 saturated carbocycles. The molecule has 1 aliphatic heterocycles. The predicted octanol–water partition coefficient (Wildman–Crippen LogP) is 1.88. The van der Waals surface area contributed by atoms with Gasteiger partial charge in [-0.25, -0.2) is 8.42 Å². The van der Waals surface area contributed by atoms with E-state index in [0.717, 1.165) is 44.7 Å². The van der Waals surface area contributed by atoms with Gasteiger partial charge in [0.25, 0.3) is 0 Å². The number of benzene rings is 1. The highest BCUT2D eigenvalue weighted by atomic mass is 32.2. The minimum absolute atomic E-state index is 0.289. The van der Waals surface area contributed by atoms with E-state index in [9.17, 15) is 8.42 Å². The molecule has 0 spiro atoms. The molecule has 2 fully saturated rings. The highest BCUT2D eigenvalue weighted by molar-refractivity contribution is 7.91. The highest BCUT2D eigenvalue weighted by Gasteiger charge is 2.36. The van der Waals surface area contributed by atoms with Crippen LogP contribution in [0.15, 0.2) is 29.2 Å². The molecule has 0 amide bonds. The number of ether oxygens (including phenoxy) is 1. The van der Waals surface area contributed by atoms with Gasteiger partial charge in [0.1, 0.15) is 0 Å². The molecule has 0 bridgehead atoms. The molecule has 0 unspecified atom stereocenters. The number of rotatable bonds is 4. The normalized spacial score (nSPS) is 27.3. The summed E-state index contributed by atoms with van der Waals surface area (Å²) in [6, 6.07) is 7.74. The fourth-order valence-electron chi connectivity index (χ4n) is 3.23. The molecule has 1 aliphatic carbocycles. The van der Waals surface area contributed by atoms with Crippen LogP contribution in [-0.2, 0) is 14.6 Å². The van der Waals surface area contributed by atoms with Gasteiger partial charge in [-0.1, -0.05) is 17.7 Å². The molecule has 0 atom stereocenters. The van der Waals surface area contributed by atoms with Crippen LogP contribution in [0.1, 0.15) is 18.4 Å². The number of aryl methyl sites for hydroxylation is 1. The van der Waals surface area contributed by atoms with Gasteiger partial charge in [-0.2, -0.15) is 0 Å². The lowest BCUT2D eigenvalue weighted by atomic mass is 9.80. The van der Waals surface area contributed by atoms with Crippen LogP contribution in [-0.4, -0.2) is 51.4 Å². The molecule has 2 aliphatic rings. The Morgan fingerprint density at radius 2 is 1.76 bits per heavy atom. The molecule has 1 heterocycles. The van der Waals surface area contributed by atoms with E-state index in [2.05, 4.69) is 4.90 Å². The third-order valence-corrected chi connectivity index (χ3v) is 6.51. The van der Waals surface area contributed by atoms with E-state index in [1.165, 1.54) is 0 Å². The van der Waals surface area contributed by atoms with Crippen LogP contribution in [0, 0.1) is 12.8 Å². The molecular weight excluding hydrogens is 286 g/mol. The summed E-state index contributed by atoms with van der Waals surface area (Å²) in [5.74, 6) is 0.598. The van der Waals surface area contributed by atoms with E-state index in [0.29, 0.717) is 16.9 Å². The first-order chi connectivity index (χ1) is 10.0. The zero-order valence-electron chi connectivity index (χ0n) is 12.5. The molecule has 4 nitrogen and oxygen atoms in total. The summed E-state index contributed by atoms with van der Waals surface area (Å²) in [4.78, 5) is 2.90. The Kier molecular flexibility index (Phi) is 4.33. The van der Waals surface area contributed by atoms with Crippen LogP contribution in [0.3, 0.4) is 0 Å². The van der Waals surface area contributed by atoms with Crippen LogP contribution in [0.25, 0.3) is 0 Å². The Labute approximate surface area is 127 Å². The van der Waals surface area contributed by atoms with Gasteiger partial charge >= 0.3 is 0 Å². The second kappa shape index (κ2) is 6.07. The van der Waals surface area contributed by atoms with Crippen molar-refractivity contribution in [3.05, 3.63) is 29.8 Å². The lowest BCUT2D eigenvalue weighted by Crippen LogP contribution is -2.50. The van der Waals surface area contributed by atoms with Crippen LogP contribution < -0.4 is 0 Å². The summed E-state index contributed by atoms with van der Waals surface area (Å²) >= 11 is 0. The summed E-state index contributed by atoms with van der Waals surface area (Å²) in [6.45, 7) is 5.56. The van der Waals surface area contributed by atoms with Crippen LogP contribution in [0.4, 0.5) is 0 Å². The fraction of sp³-hybridized carbons (Fsp3) is 0.625. The van der Waals surface area contributed by atoms with E-state index in [1.54, 1.807) is 12.1 Å². The number of hydrogen-bond acceptors (Lipinski definition) is 4. The van der Waals surface area contributed by atoms with Crippen molar-refractivity contribution in [1.29, 1.82) is 0 Å². The standard InChI is InChI=1S/C16H23NO3S/c1-13-2-4-16(5-3-13)21(18,19)12-14-10-15(11-14)17-6-8-20-9-7-17/h2-5,14-15H,6-12H2,1H3. The van der Waals surface area contributed by atoms with E-state index in [-0.39, 0.29) is 5.75 Å². The van der Waals surface area contributed by atoms with Crippen molar-refractivity contribution in [3.8, 4) is 0 Å². The molecule has 1 aromatic rings. The van der Waals surface area contributed by atoms with Crippen molar-refractivity contribution in [2.24, 2.45) is 5.92 Å². The van der Waals surface area contributed by atoms with Gasteiger partial charge in [0, 0.05) is 19.1 Å². The zero-order valence-corrected chi connectivity index (χ0v) is 13.3. The van der Waals surface area contributed by atoms with E-state index >= 15 is 0 Å². The van der Waals surface area contributed by atoms with Crippen molar-refractivity contribution < 1.29 is 13.2 Å². The largest absolute Gasteiger partial charge is 0.379 e. The number of sulfone groups is 1. The summed E-state index contributed by atoms with van der Waals surface area (Å²) in [6.07, 6.45) is 2.01. The molecule has 0 aromatic heterocycles. The van der Waals surface area contributed by atoms with Crippen molar-refractivity contribution in [2.45, 2.75) is 30.7 Å². The second-order valence-electron chi connectivity index (χ2n) is 6.23.